The summed E-state index contributed by atoms with van der Waals surface area (Å²) in [5.74, 6) is 0.485. The van der Waals surface area contributed by atoms with Crippen LogP contribution >= 0.6 is 0 Å². The van der Waals surface area contributed by atoms with Crippen LogP contribution in [0.5, 0.6) is 0 Å². The lowest BCUT2D eigenvalue weighted by Crippen LogP contribution is -2.49. The minimum Gasteiger partial charge on any atom is -0.447 e. The van der Waals surface area contributed by atoms with E-state index in [1.165, 1.54) is 0 Å². The first-order valence-corrected chi connectivity index (χ1v) is 6.90. The van der Waals surface area contributed by atoms with Crippen molar-refractivity contribution in [3.8, 4) is 0 Å². The molecule has 0 spiro atoms. The molecule has 2 aliphatic rings. The number of hydrogen-bond acceptors (Lipinski definition) is 4. The van der Waals surface area contributed by atoms with Crippen LogP contribution in [-0.4, -0.2) is 55.3 Å². The predicted molar refractivity (Wildman–Crippen MR) is 68.7 cm³/mol. The third kappa shape index (κ3) is 3.83. The lowest BCUT2D eigenvalue weighted by atomic mass is 10.1. The zero-order valence-corrected chi connectivity index (χ0v) is 11.6. The summed E-state index contributed by atoms with van der Waals surface area (Å²) in [5.41, 5.74) is 0. The Morgan fingerprint density at radius 2 is 2.16 bits per heavy atom. The monoisotopic (exact) mass is 270 g/mol. The van der Waals surface area contributed by atoms with E-state index in [2.05, 4.69) is 19.2 Å². The number of carbonyl (C=O) groups excluding carboxylic acids is 2. The number of alkyl carbamates (subject to hydrolysis) is 1. The SMILES string of the molecule is CC(C)COC1CCN(C(=O)C2COC(=O)N2)CC1. The first kappa shape index (κ1) is 14.1. The van der Waals surface area contributed by atoms with Crippen LogP contribution < -0.4 is 5.32 Å². The molecule has 0 aromatic heterocycles. The van der Waals surface area contributed by atoms with Gasteiger partial charge in [0.1, 0.15) is 12.6 Å². The van der Waals surface area contributed by atoms with E-state index in [9.17, 15) is 9.59 Å². The highest BCUT2D eigenvalue weighted by Crippen LogP contribution is 2.16. The quantitative estimate of drug-likeness (QED) is 0.819. The molecule has 1 atom stereocenters. The summed E-state index contributed by atoms with van der Waals surface area (Å²) in [5, 5.41) is 2.52. The molecule has 2 aliphatic heterocycles. The van der Waals surface area contributed by atoms with Gasteiger partial charge in [-0.3, -0.25) is 4.79 Å². The van der Waals surface area contributed by atoms with Crippen LogP contribution in [0.4, 0.5) is 4.79 Å². The lowest BCUT2D eigenvalue weighted by molar-refractivity contribution is -0.135. The van der Waals surface area contributed by atoms with E-state index in [0.717, 1.165) is 19.4 Å². The van der Waals surface area contributed by atoms with Crippen LogP contribution in [0.2, 0.25) is 0 Å². The molecule has 6 nitrogen and oxygen atoms in total. The van der Waals surface area contributed by atoms with Crippen molar-refractivity contribution in [2.24, 2.45) is 5.92 Å². The van der Waals surface area contributed by atoms with Crippen molar-refractivity contribution in [2.75, 3.05) is 26.3 Å². The maximum atomic E-state index is 12.1. The first-order valence-electron chi connectivity index (χ1n) is 6.90. The van der Waals surface area contributed by atoms with Gasteiger partial charge in [0.15, 0.2) is 0 Å². The highest BCUT2D eigenvalue weighted by Gasteiger charge is 2.34. The van der Waals surface area contributed by atoms with Gasteiger partial charge in [0.2, 0.25) is 5.91 Å². The number of amides is 2. The van der Waals surface area contributed by atoms with Gasteiger partial charge in [-0.2, -0.15) is 0 Å². The topological polar surface area (TPSA) is 67.9 Å². The molecule has 2 heterocycles. The molecule has 1 N–H and O–H groups in total. The third-order valence-corrected chi connectivity index (χ3v) is 3.39. The van der Waals surface area contributed by atoms with Crippen LogP contribution in [0.3, 0.4) is 0 Å². The highest BCUT2D eigenvalue weighted by atomic mass is 16.6. The zero-order valence-electron chi connectivity index (χ0n) is 11.6. The lowest BCUT2D eigenvalue weighted by Gasteiger charge is -2.33. The Balaban J connectivity index is 1.73. The molecule has 0 aromatic carbocycles. The van der Waals surface area contributed by atoms with Crippen LogP contribution in [0.15, 0.2) is 0 Å². The molecular weight excluding hydrogens is 248 g/mol. The molecule has 2 amide bonds. The number of piperidine rings is 1. The molecule has 2 rings (SSSR count). The number of carbonyl (C=O) groups is 2. The number of nitrogens with one attached hydrogen (secondary N) is 1. The number of ether oxygens (including phenoxy) is 2. The first-order chi connectivity index (χ1) is 9.06. The summed E-state index contributed by atoms with van der Waals surface area (Å²) in [6.45, 7) is 6.54. The van der Waals surface area contributed by atoms with Gasteiger partial charge >= 0.3 is 6.09 Å². The Labute approximate surface area is 113 Å². The van der Waals surface area contributed by atoms with Gasteiger partial charge in [-0.25, -0.2) is 4.79 Å². The zero-order chi connectivity index (χ0) is 13.8. The Bertz CT molecular complexity index is 338. The maximum absolute atomic E-state index is 12.1. The fraction of sp³-hybridized carbons (Fsp3) is 0.846. The Morgan fingerprint density at radius 3 is 2.68 bits per heavy atom. The summed E-state index contributed by atoms with van der Waals surface area (Å²) < 4.78 is 10.5. The van der Waals surface area contributed by atoms with Crippen molar-refractivity contribution in [3.05, 3.63) is 0 Å². The standard InChI is InChI=1S/C13H22N2O4/c1-9(2)7-18-10-3-5-15(6-4-10)12(16)11-8-19-13(17)14-11/h9-11H,3-8H2,1-2H3,(H,14,17). The van der Waals surface area contributed by atoms with Gasteiger partial charge in [-0.15, -0.1) is 0 Å². The molecule has 108 valence electrons. The number of hydrogen-bond donors (Lipinski definition) is 1. The third-order valence-electron chi connectivity index (χ3n) is 3.39. The van der Waals surface area contributed by atoms with Crippen molar-refractivity contribution in [2.45, 2.75) is 38.8 Å². The van der Waals surface area contributed by atoms with Gasteiger partial charge in [0.25, 0.3) is 0 Å². The van der Waals surface area contributed by atoms with Crippen LogP contribution in [0.1, 0.15) is 26.7 Å². The van der Waals surface area contributed by atoms with Crippen molar-refractivity contribution < 1.29 is 19.1 Å². The molecule has 2 saturated heterocycles. The largest absolute Gasteiger partial charge is 0.447 e. The van der Waals surface area contributed by atoms with E-state index in [-0.39, 0.29) is 18.6 Å². The van der Waals surface area contributed by atoms with E-state index >= 15 is 0 Å². The second kappa shape index (κ2) is 6.23. The molecular formula is C13H22N2O4. The van der Waals surface area contributed by atoms with E-state index in [1.54, 1.807) is 4.90 Å². The smallest absolute Gasteiger partial charge is 0.407 e. The van der Waals surface area contributed by atoms with Crippen molar-refractivity contribution >= 4 is 12.0 Å². The number of cyclic esters (lactones) is 1. The summed E-state index contributed by atoms with van der Waals surface area (Å²) in [7, 11) is 0. The fourth-order valence-corrected chi connectivity index (χ4v) is 2.31. The molecule has 0 radical (unpaired) electrons. The second-order valence-electron chi connectivity index (χ2n) is 5.55. The van der Waals surface area contributed by atoms with Gasteiger partial charge in [-0.05, 0) is 18.8 Å². The molecule has 0 aliphatic carbocycles. The fourth-order valence-electron chi connectivity index (χ4n) is 2.31. The summed E-state index contributed by atoms with van der Waals surface area (Å²) in [6.07, 6.45) is 1.47. The Morgan fingerprint density at radius 1 is 1.47 bits per heavy atom. The summed E-state index contributed by atoms with van der Waals surface area (Å²) >= 11 is 0. The van der Waals surface area contributed by atoms with Crippen molar-refractivity contribution in [1.82, 2.24) is 10.2 Å². The molecule has 2 fully saturated rings. The molecule has 0 saturated carbocycles. The van der Waals surface area contributed by atoms with Gasteiger partial charge < -0.3 is 19.7 Å². The van der Waals surface area contributed by atoms with E-state index < -0.39 is 12.1 Å². The summed E-state index contributed by atoms with van der Waals surface area (Å²) in [4.78, 5) is 24.8. The average molecular weight is 270 g/mol. The Hall–Kier alpha value is -1.30. The normalized spacial score (nSPS) is 24.5. The van der Waals surface area contributed by atoms with Crippen LogP contribution in [0, 0.1) is 5.92 Å². The van der Waals surface area contributed by atoms with Gasteiger partial charge in [0.05, 0.1) is 6.10 Å². The van der Waals surface area contributed by atoms with Crippen LogP contribution in [0.25, 0.3) is 0 Å². The summed E-state index contributed by atoms with van der Waals surface area (Å²) in [6, 6.07) is -0.513. The maximum Gasteiger partial charge on any atom is 0.407 e. The van der Waals surface area contributed by atoms with E-state index in [1.807, 2.05) is 0 Å². The molecule has 0 bridgehead atoms. The predicted octanol–water partition coefficient (Wildman–Crippen LogP) is 0.758. The highest BCUT2D eigenvalue weighted by molar-refractivity contribution is 5.87. The Kier molecular flexibility index (Phi) is 4.63. The van der Waals surface area contributed by atoms with E-state index in [4.69, 9.17) is 9.47 Å². The number of likely N-dealkylation sites (tertiary alicyclic amines) is 1. The van der Waals surface area contributed by atoms with Crippen molar-refractivity contribution in [1.29, 1.82) is 0 Å². The second-order valence-corrected chi connectivity index (χ2v) is 5.55. The average Bonchev–Trinajstić information content (AvgIpc) is 2.83. The van der Waals surface area contributed by atoms with Gasteiger partial charge in [-0.1, -0.05) is 13.8 Å². The number of rotatable bonds is 4. The van der Waals surface area contributed by atoms with Gasteiger partial charge in [0, 0.05) is 19.7 Å². The van der Waals surface area contributed by atoms with Crippen LogP contribution in [-0.2, 0) is 14.3 Å². The molecule has 6 heteroatoms. The molecule has 0 aromatic rings. The number of nitrogens with zero attached hydrogens (tertiary/aromatic N) is 1. The van der Waals surface area contributed by atoms with E-state index in [0.29, 0.717) is 19.0 Å². The minimum absolute atomic E-state index is 0.0480. The molecule has 19 heavy (non-hydrogen) atoms. The van der Waals surface area contributed by atoms with Crippen molar-refractivity contribution in [3.63, 3.8) is 0 Å². The minimum atomic E-state index is -0.513. The molecule has 1 unspecified atom stereocenters.